The lowest BCUT2D eigenvalue weighted by molar-refractivity contribution is 0.0539. The summed E-state index contributed by atoms with van der Waals surface area (Å²) in [6.45, 7) is 11.6. The monoisotopic (exact) mass is 343 g/mol. The Hall–Kier alpha value is -0.240. The first kappa shape index (κ1) is 19.8. The van der Waals surface area contributed by atoms with Crippen LogP contribution in [0.15, 0.2) is 24.3 Å². The fourth-order valence-electron chi connectivity index (χ4n) is 3.99. The summed E-state index contributed by atoms with van der Waals surface area (Å²) in [6, 6.07) is 9.30. The molecule has 1 atom stereocenters. The number of benzene rings is 1. The highest BCUT2D eigenvalue weighted by atomic mass is 35.5. The normalized spacial score (nSPS) is 18.0. The van der Waals surface area contributed by atoms with E-state index in [0.717, 1.165) is 24.0 Å². The van der Waals surface area contributed by atoms with E-state index in [4.69, 9.17) is 11.6 Å². The number of rotatable bonds is 7. The smallest absolute Gasteiger partial charge is 0.0406 e. The Balaban J connectivity index is 0.00000242. The van der Waals surface area contributed by atoms with E-state index in [1.54, 1.807) is 0 Å². The number of likely N-dealkylation sites (N-methyl/N-ethyl adjacent to an activating group) is 1. The lowest BCUT2D eigenvalue weighted by atomic mass is 9.58. The first-order valence-corrected chi connectivity index (χ1v) is 8.91. The lowest BCUT2D eigenvalue weighted by Crippen LogP contribution is -2.55. The molecule has 0 saturated heterocycles. The minimum atomic E-state index is 0. The summed E-state index contributed by atoms with van der Waals surface area (Å²) in [4.78, 5) is 2.67. The summed E-state index contributed by atoms with van der Waals surface area (Å²) in [6.07, 6.45) is 5.29. The third-order valence-corrected chi connectivity index (χ3v) is 5.50. The zero-order valence-corrected chi connectivity index (χ0v) is 16.0. The molecule has 0 spiro atoms. The van der Waals surface area contributed by atoms with Crippen LogP contribution in [0.5, 0.6) is 0 Å². The third-order valence-electron chi connectivity index (χ3n) is 5.25. The van der Waals surface area contributed by atoms with Crippen LogP contribution >= 0.6 is 24.0 Å². The van der Waals surface area contributed by atoms with E-state index in [2.05, 4.69) is 56.9 Å². The second-order valence-corrected chi connectivity index (χ2v) is 7.32. The van der Waals surface area contributed by atoms with Crippen LogP contribution in [0, 0.1) is 5.92 Å². The van der Waals surface area contributed by atoms with Crippen molar-refractivity contribution in [3.05, 3.63) is 34.9 Å². The molecule has 1 aliphatic rings. The van der Waals surface area contributed by atoms with Gasteiger partial charge in [0, 0.05) is 16.5 Å². The standard InChI is InChI=1S/C19H30ClN.ClH/c1-5-21(6-2)18(14-15(3)4)19(12-7-13-19)16-8-10-17(20)11-9-16;/h8-11,15,18H,5-7,12-14H2,1-4H3;1H. The second-order valence-electron chi connectivity index (χ2n) is 6.88. The van der Waals surface area contributed by atoms with E-state index in [9.17, 15) is 0 Å². The van der Waals surface area contributed by atoms with Crippen molar-refractivity contribution in [3.63, 3.8) is 0 Å². The molecule has 0 amide bonds. The van der Waals surface area contributed by atoms with Crippen molar-refractivity contribution in [1.82, 2.24) is 4.90 Å². The van der Waals surface area contributed by atoms with Gasteiger partial charge >= 0.3 is 0 Å². The molecule has 0 aromatic heterocycles. The molecule has 2 rings (SSSR count). The van der Waals surface area contributed by atoms with E-state index in [0.29, 0.717) is 11.5 Å². The minimum Gasteiger partial charge on any atom is -0.300 e. The Morgan fingerprint density at radius 2 is 1.64 bits per heavy atom. The Labute approximate surface area is 147 Å². The van der Waals surface area contributed by atoms with Gasteiger partial charge in [0.1, 0.15) is 0 Å². The Bertz CT molecular complexity index is 433. The topological polar surface area (TPSA) is 3.24 Å². The molecule has 1 nitrogen and oxygen atoms in total. The van der Waals surface area contributed by atoms with Crippen LogP contribution in [0.4, 0.5) is 0 Å². The van der Waals surface area contributed by atoms with Crippen molar-refractivity contribution < 1.29 is 0 Å². The van der Waals surface area contributed by atoms with Crippen molar-refractivity contribution in [2.75, 3.05) is 13.1 Å². The highest BCUT2D eigenvalue weighted by Crippen LogP contribution is 2.49. The third kappa shape index (κ3) is 3.99. The van der Waals surface area contributed by atoms with Gasteiger partial charge in [-0.2, -0.15) is 0 Å². The second kappa shape index (κ2) is 8.57. The summed E-state index contributed by atoms with van der Waals surface area (Å²) in [7, 11) is 0. The molecular weight excluding hydrogens is 313 g/mol. The molecule has 0 radical (unpaired) electrons. The maximum Gasteiger partial charge on any atom is 0.0406 e. The average Bonchev–Trinajstić information content (AvgIpc) is 2.40. The predicted octanol–water partition coefficient (Wildman–Crippen LogP) is 5.94. The van der Waals surface area contributed by atoms with Crippen molar-refractivity contribution >= 4 is 24.0 Å². The lowest BCUT2D eigenvalue weighted by Gasteiger charge is -2.53. The van der Waals surface area contributed by atoms with Crippen LogP contribution in [0.2, 0.25) is 5.02 Å². The molecule has 0 bridgehead atoms. The van der Waals surface area contributed by atoms with E-state index in [1.807, 2.05) is 0 Å². The van der Waals surface area contributed by atoms with E-state index in [1.165, 1.54) is 31.2 Å². The largest absolute Gasteiger partial charge is 0.300 e. The molecule has 0 heterocycles. The summed E-state index contributed by atoms with van der Waals surface area (Å²) in [5.74, 6) is 0.736. The molecule has 1 aromatic carbocycles. The first-order valence-electron chi connectivity index (χ1n) is 8.53. The van der Waals surface area contributed by atoms with E-state index < -0.39 is 0 Å². The van der Waals surface area contributed by atoms with Gasteiger partial charge in [0.05, 0.1) is 0 Å². The molecule has 1 unspecified atom stereocenters. The highest BCUT2D eigenvalue weighted by molar-refractivity contribution is 6.30. The number of hydrogen-bond acceptors (Lipinski definition) is 1. The SMILES string of the molecule is CCN(CC)C(CC(C)C)C1(c2ccc(Cl)cc2)CCC1.Cl. The van der Waals surface area contributed by atoms with Gasteiger partial charge < -0.3 is 4.90 Å². The van der Waals surface area contributed by atoms with Crippen molar-refractivity contribution in [2.45, 2.75) is 64.8 Å². The molecule has 1 aliphatic carbocycles. The minimum absolute atomic E-state index is 0. The van der Waals surface area contributed by atoms with Gasteiger partial charge in [0.25, 0.3) is 0 Å². The zero-order valence-electron chi connectivity index (χ0n) is 14.4. The average molecular weight is 344 g/mol. The van der Waals surface area contributed by atoms with Crippen LogP contribution in [0.1, 0.15) is 58.9 Å². The molecule has 126 valence electrons. The van der Waals surface area contributed by atoms with Crippen LogP contribution in [-0.2, 0) is 5.41 Å². The van der Waals surface area contributed by atoms with Gasteiger partial charge in [-0.1, -0.05) is 57.8 Å². The molecule has 3 heteroatoms. The Morgan fingerprint density at radius 1 is 1.09 bits per heavy atom. The van der Waals surface area contributed by atoms with Gasteiger partial charge in [0.15, 0.2) is 0 Å². The number of nitrogens with zero attached hydrogens (tertiary/aromatic N) is 1. The molecular formula is C19H31Cl2N. The number of halogens is 2. The molecule has 0 N–H and O–H groups in total. The van der Waals surface area contributed by atoms with Crippen LogP contribution in [-0.4, -0.2) is 24.0 Å². The van der Waals surface area contributed by atoms with Gasteiger partial charge in [-0.05, 0) is 56.0 Å². The predicted molar refractivity (Wildman–Crippen MR) is 100 cm³/mol. The molecule has 1 aromatic rings. The molecule has 1 saturated carbocycles. The highest BCUT2D eigenvalue weighted by Gasteiger charge is 2.47. The summed E-state index contributed by atoms with van der Waals surface area (Å²) in [5.41, 5.74) is 1.84. The number of hydrogen-bond donors (Lipinski definition) is 0. The maximum atomic E-state index is 6.09. The maximum absolute atomic E-state index is 6.09. The Morgan fingerprint density at radius 3 is 2.00 bits per heavy atom. The fourth-order valence-corrected chi connectivity index (χ4v) is 4.11. The van der Waals surface area contributed by atoms with Crippen LogP contribution < -0.4 is 0 Å². The van der Waals surface area contributed by atoms with E-state index >= 15 is 0 Å². The first-order chi connectivity index (χ1) is 10.0. The van der Waals surface area contributed by atoms with E-state index in [-0.39, 0.29) is 12.4 Å². The van der Waals surface area contributed by atoms with Crippen LogP contribution in [0.3, 0.4) is 0 Å². The Kier molecular flexibility index (Phi) is 7.71. The fraction of sp³-hybridized carbons (Fsp3) is 0.684. The quantitative estimate of drug-likeness (QED) is 0.592. The summed E-state index contributed by atoms with van der Waals surface area (Å²) >= 11 is 6.09. The molecule has 0 aliphatic heterocycles. The van der Waals surface area contributed by atoms with Gasteiger partial charge in [-0.25, -0.2) is 0 Å². The van der Waals surface area contributed by atoms with Crippen molar-refractivity contribution in [2.24, 2.45) is 5.92 Å². The van der Waals surface area contributed by atoms with Gasteiger partial charge in [-0.15, -0.1) is 12.4 Å². The summed E-state index contributed by atoms with van der Waals surface area (Å²) in [5, 5.41) is 0.844. The zero-order chi connectivity index (χ0) is 15.5. The summed E-state index contributed by atoms with van der Waals surface area (Å²) < 4.78 is 0. The van der Waals surface area contributed by atoms with Crippen molar-refractivity contribution in [1.29, 1.82) is 0 Å². The van der Waals surface area contributed by atoms with Crippen molar-refractivity contribution in [3.8, 4) is 0 Å². The van der Waals surface area contributed by atoms with Gasteiger partial charge in [0.2, 0.25) is 0 Å². The van der Waals surface area contributed by atoms with Crippen LogP contribution in [0.25, 0.3) is 0 Å². The molecule has 1 fully saturated rings. The van der Waals surface area contributed by atoms with Gasteiger partial charge in [-0.3, -0.25) is 0 Å². The molecule has 22 heavy (non-hydrogen) atoms.